The van der Waals surface area contributed by atoms with Crippen LogP contribution >= 0.6 is 0 Å². The molecule has 0 saturated heterocycles. The van der Waals surface area contributed by atoms with E-state index in [4.69, 9.17) is 0 Å². The summed E-state index contributed by atoms with van der Waals surface area (Å²) in [5.41, 5.74) is -0.430. The van der Waals surface area contributed by atoms with Crippen molar-refractivity contribution < 1.29 is 23.0 Å². The van der Waals surface area contributed by atoms with Gasteiger partial charge >= 0.3 is 0 Å². The van der Waals surface area contributed by atoms with E-state index in [-0.39, 0.29) is 0 Å². The monoisotopic (exact) mass is 274 g/mol. The van der Waals surface area contributed by atoms with E-state index in [2.05, 4.69) is 0 Å². The molecular weight excluding hydrogens is 259 g/mol. The summed E-state index contributed by atoms with van der Waals surface area (Å²) in [4.78, 5) is 0. The molecular formula is C12H15FO4S. The molecule has 1 aliphatic carbocycles. The molecule has 0 unspecified atom stereocenters. The van der Waals surface area contributed by atoms with E-state index in [9.17, 15) is 23.0 Å². The first-order valence-corrected chi connectivity index (χ1v) is 7.48. The van der Waals surface area contributed by atoms with E-state index in [1.165, 1.54) is 24.3 Å². The first kappa shape index (κ1) is 13.5. The lowest BCUT2D eigenvalue weighted by molar-refractivity contribution is 0.130. The molecule has 0 bridgehead atoms. The van der Waals surface area contributed by atoms with Gasteiger partial charge in [-0.1, -0.05) is 12.1 Å². The van der Waals surface area contributed by atoms with Crippen LogP contribution < -0.4 is 0 Å². The molecule has 0 aromatic heterocycles. The third kappa shape index (κ3) is 1.94. The molecule has 2 N–H and O–H groups in total. The number of hydrogen-bond acceptors (Lipinski definition) is 4. The zero-order valence-electron chi connectivity index (χ0n) is 9.88. The number of benzene rings is 1. The third-order valence-corrected chi connectivity index (χ3v) is 5.32. The highest BCUT2D eigenvalue weighted by atomic mass is 32.2. The minimum atomic E-state index is -3.38. The van der Waals surface area contributed by atoms with Gasteiger partial charge in [0.25, 0.3) is 0 Å². The Labute approximate surface area is 105 Å². The van der Waals surface area contributed by atoms with Gasteiger partial charge in [-0.05, 0) is 17.7 Å². The van der Waals surface area contributed by atoms with Gasteiger partial charge in [-0.3, -0.25) is 0 Å². The van der Waals surface area contributed by atoms with Crippen molar-refractivity contribution in [2.24, 2.45) is 5.41 Å². The van der Waals surface area contributed by atoms with Gasteiger partial charge in [0.15, 0.2) is 9.84 Å². The number of halogens is 1. The predicted octanol–water partition coefficient (Wildman–Crippen LogP) is 0.307. The van der Waals surface area contributed by atoms with Crippen LogP contribution in [0.25, 0.3) is 0 Å². The summed E-state index contributed by atoms with van der Waals surface area (Å²) < 4.78 is 36.2. The summed E-state index contributed by atoms with van der Waals surface area (Å²) in [6, 6.07) is 5.47. The summed E-state index contributed by atoms with van der Waals surface area (Å²) in [5.74, 6) is -0.892. The summed E-state index contributed by atoms with van der Waals surface area (Å²) >= 11 is 0. The molecule has 4 nitrogen and oxygen atoms in total. The molecule has 0 heterocycles. The molecule has 1 aromatic carbocycles. The number of hydrogen-bond donors (Lipinski definition) is 2. The van der Waals surface area contributed by atoms with E-state index in [0.29, 0.717) is 5.56 Å². The number of aliphatic hydroxyl groups excluding tert-OH is 2. The Morgan fingerprint density at radius 1 is 1.22 bits per heavy atom. The van der Waals surface area contributed by atoms with Crippen molar-refractivity contribution in [3.63, 3.8) is 0 Å². The molecule has 0 radical (unpaired) electrons. The molecule has 100 valence electrons. The SMILES string of the molecule is CS(=O)(=O)[C@@H]1[C@@H](c2ccc(F)cc2)C1(CO)CO. The first-order valence-electron chi connectivity index (χ1n) is 5.53. The van der Waals surface area contributed by atoms with Gasteiger partial charge in [0.05, 0.1) is 18.5 Å². The van der Waals surface area contributed by atoms with E-state index in [0.717, 1.165) is 6.26 Å². The van der Waals surface area contributed by atoms with Crippen LogP contribution in [0.15, 0.2) is 24.3 Å². The number of rotatable bonds is 4. The van der Waals surface area contributed by atoms with Crippen LogP contribution in [-0.2, 0) is 9.84 Å². The van der Waals surface area contributed by atoms with E-state index < -0.39 is 45.5 Å². The predicted molar refractivity (Wildman–Crippen MR) is 64.4 cm³/mol. The van der Waals surface area contributed by atoms with Gasteiger partial charge in [-0.2, -0.15) is 0 Å². The van der Waals surface area contributed by atoms with Crippen LogP contribution in [0.3, 0.4) is 0 Å². The molecule has 1 saturated carbocycles. The van der Waals surface area contributed by atoms with Crippen LogP contribution in [0, 0.1) is 11.2 Å². The Morgan fingerprint density at radius 3 is 2.06 bits per heavy atom. The Bertz CT molecular complexity index is 534. The molecule has 2 rings (SSSR count). The average Bonchev–Trinajstić information content (AvgIpc) is 3.00. The molecule has 0 aliphatic heterocycles. The van der Waals surface area contributed by atoms with Crippen molar-refractivity contribution >= 4 is 9.84 Å². The summed E-state index contributed by atoms with van der Waals surface area (Å²) in [5, 5.41) is 17.9. The summed E-state index contributed by atoms with van der Waals surface area (Å²) in [7, 11) is -3.38. The first-order chi connectivity index (χ1) is 8.36. The van der Waals surface area contributed by atoms with Crippen LogP contribution in [-0.4, -0.2) is 43.4 Å². The molecule has 6 heteroatoms. The molecule has 18 heavy (non-hydrogen) atoms. The second-order valence-electron chi connectivity index (χ2n) is 4.83. The van der Waals surface area contributed by atoms with E-state index in [1.54, 1.807) is 0 Å². The van der Waals surface area contributed by atoms with Crippen LogP contribution in [0.2, 0.25) is 0 Å². The molecule has 1 aliphatic rings. The highest BCUT2D eigenvalue weighted by Gasteiger charge is 2.69. The highest BCUT2D eigenvalue weighted by molar-refractivity contribution is 7.91. The number of sulfone groups is 1. The third-order valence-electron chi connectivity index (χ3n) is 3.66. The molecule has 1 fully saturated rings. The Kier molecular flexibility index (Phi) is 3.21. The highest BCUT2D eigenvalue weighted by Crippen LogP contribution is 2.62. The van der Waals surface area contributed by atoms with Gasteiger partial charge in [0, 0.05) is 17.6 Å². The van der Waals surface area contributed by atoms with Gasteiger partial charge in [0.1, 0.15) is 5.82 Å². The van der Waals surface area contributed by atoms with Crippen molar-refractivity contribution in [1.82, 2.24) is 0 Å². The molecule has 1 aromatic rings. The molecule has 2 atom stereocenters. The fourth-order valence-corrected chi connectivity index (χ4v) is 4.72. The fraction of sp³-hybridized carbons (Fsp3) is 0.500. The van der Waals surface area contributed by atoms with Crippen molar-refractivity contribution in [1.29, 1.82) is 0 Å². The van der Waals surface area contributed by atoms with Gasteiger partial charge < -0.3 is 10.2 Å². The smallest absolute Gasteiger partial charge is 0.151 e. The Balaban J connectivity index is 2.41. The summed E-state index contributed by atoms with van der Waals surface area (Å²) in [6.45, 7) is -0.827. The van der Waals surface area contributed by atoms with Crippen molar-refractivity contribution in [2.75, 3.05) is 19.5 Å². The second kappa shape index (κ2) is 4.29. The van der Waals surface area contributed by atoms with Crippen molar-refractivity contribution in [3.8, 4) is 0 Å². The lowest BCUT2D eigenvalue weighted by Crippen LogP contribution is -2.22. The van der Waals surface area contributed by atoms with Crippen LogP contribution in [0.5, 0.6) is 0 Å². The van der Waals surface area contributed by atoms with Crippen molar-refractivity contribution in [2.45, 2.75) is 11.2 Å². The van der Waals surface area contributed by atoms with Gasteiger partial charge in [-0.15, -0.1) is 0 Å². The van der Waals surface area contributed by atoms with E-state index >= 15 is 0 Å². The standard InChI is InChI=1S/C12H15FO4S/c1-18(16,17)11-10(12(11,6-14)7-15)8-2-4-9(13)5-3-8/h2-5,10-11,14-15H,6-7H2,1H3/t10-,11-/m1/s1. The maximum absolute atomic E-state index is 12.8. The summed E-state index contributed by atoms with van der Waals surface area (Å²) in [6.07, 6.45) is 1.08. The Morgan fingerprint density at radius 2 is 1.72 bits per heavy atom. The maximum Gasteiger partial charge on any atom is 0.151 e. The van der Waals surface area contributed by atoms with Gasteiger partial charge in [0.2, 0.25) is 0 Å². The van der Waals surface area contributed by atoms with Crippen LogP contribution in [0.1, 0.15) is 11.5 Å². The minimum Gasteiger partial charge on any atom is -0.396 e. The largest absolute Gasteiger partial charge is 0.396 e. The second-order valence-corrected chi connectivity index (χ2v) is 7.00. The lowest BCUT2D eigenvalue weighted by Gasteiger charge is -2.10. The average molecular weight is 274 g/mol. The zero-order valence-corrected chi connectivity index (χ0v) is 10.7. The van der Waals surface area contributed by atoms with Gasteiger partial charge in [-0.25, -0.2) is 12.8 Å². The molecule has 0 amide bonds. The Hall–Kier alpha value is -0.980. The quantitative estimate of drug-likeness (QED) is 0.828. The normalized spacial score (nSPS) is 26.0. The van der Waals surface area contributed by atoms with E-state index in [1.807, 2.05) is 0 Å². The van der Waals surface area contributed by atoms with Crippen LogP contribution in [0.4, 0.5) is 4.39 Å². The lowest BCUT2D eigenvalue weighted by atomic mass is 10.0. The maximum atomic E-state index is 12.8. The minimum absolute atomic E-state index is 0.408. The topological polar surface area (TPSA) is 74.6 Å². The zero-order chi connectivity index (χ0) is 13.6. The number of aliphatic hydroxyl groups is 2. The van der Waals surface area contributed by atoms with Crippen molar-refractivity contribution in [3.05, 3.63) is 35.6 Å². The fourth-order valence-electron chi connectivity index (χ4n) is 2.73. The molecule has 0 spiro atoms.